The van der Waals surface area contributed by atoms with Gasteiger partial charge in [0.05, 0.1) is 29.9 Å². The van der Waals surface area contributed by atoms with E-state index in [1.165, 1.54) is 25.3 Å². The van der Waals surface area contributed by atoms with Crippen LogP contribution in [0.2, 0.25) is 0 Å². The number of benzene rings is 3. The molecule has 0 aliphatic heterocycles. The second kappa shape index (κ2) is 11.8. The summed E-state index contributed by atoms with van der Waals surface area (Å²) in [4.78, 5) is 17.9. The maximum atomic E-state index is 14.4. The van der Waals surface area contributed by atoms with Crippen molar-refractivity contribution in [1.82, 2.24) is 13.9 Å². The molecule has 0 spiro atoms. The zero-order chi connectivity index (χ0) is 28.2. The van der Waals surface area contributed by atoms with Gasteiger partial charge >= 0.3 is 0 Å². The van der Waals surface area contributed by atoms with Crippen LogP contribution >= 0.6 is 0 Å². The Morgan fingerprint density at radius 2 is 1.77 bits per heavy atom. The summed E-state index contributed by atoms with van der Waals surface area (Å²) in [6.45, 7) is 5.12. The number of rotatable bonds is 10. The van der Waals surface area contributed by atoms with Gasteiger partial charge in [-0.3, -0.25) is 14.7 Å². The molecule has 0 atom stereocenters. The fourth-order valence-electron chi connectivity index (χ4n) is 4.02. The predicted molar refractivity (Wildman–Crippen MR) is 149 cm³/mol. The van der Waals surface area contributed by atoms with Crippen molar-refractivity contribution >= 4 is 21.9 Å². The third kappa shape index (κ3) is 6.52. The largest absolute Gasteiger partial charge is 0.497 e. The highest BCUT2D eigenvalue weighted by Crippen LogP contribution is 2.26. The van der Waals surface area contributed by atoms with Gasteiger partial charge in [0.25, 0.3) is 0 Å². The van der Waals surface area contributed by atoms with Crippen LogP contribution in [0.25, 0.3) is 16.9 Å². The molecule has 4 aromatic rings. The average Bonchev–Trinajstić information content (AvgIpc) is 3.33. The van der Waals surface area contributed by atoms with Crippen LogP contribution in [0.3, 0.4) is 0 Å². The number of aromatic nitrogens is 2. The predicted octanol–water partition coefficient (Wildman–Crippen LogP) is 5.28. The van der Waals surface area contributed by atoms with Gasteiger partial charge in [0, 0.05) is 18.3 Å². The minimum Gasteiger partial charge on any atom is -0.497 e. The Morgan fingerprint density at radius 1 is 1.08 bits per heavy atom. The number of imidazole rings is 1. The lowest BCUT2D eigenvalue weighted by atomic mass is 10.2. The molecule has 3 aromatic carbocycles. The lowest BCUT2D eigenvalue weighted by Crippen LogP contribution is -2.40. The number of ether oxygens (including phenoxy) is 1. The molecule has 0 aliphatic rings. The first-order valence-corrected chi connectivity index (χ1v) is 13.9. The molecule has 1 amide bonds. The van der Waals surface area contributed by atoms with E-state index in [9.17, 15) is 17.6 Å². The summed E-state index contributed by atoms with van der Waals surface area (Å²) in [6.07, 6.45) is 1.70. The summed E-state index contributed by atoms with van der Waals surface area (Å²) in [5.74, 6) is -0.336. The number of carbonyl (C=O) groups excluding carboxylic acids is 1. The molecular weight excluding hydrogens is 519 g/mol. The summed E-state index contributed by atoms with van der Waals surface area (Å²) >= 11 is 0. The number of carbonyl (C=O) groups is 1. The Bertz CT molecular complexity index is 1550. The molecule has 1 N–H and O–H groups in total. The first-order valence-electron chi connectivity index (χ1n) is 12.4. The van der Waals surface area contributed by atoms with Crippen molar-refractivity contribution in [3.05, 3.63) is 90.4 Å². The maximum absolute atomic E-state index is 14.4. The summed E-state index contributed by atoms with van der Waals surface area (Å²) in [7, 11) is -2.48. The first kappa shape index (κ1) is 28.0. The number of halogens is 1. The van der Waals surface area contributed by atoms with Gasteiger partial charge in [0.15, 0.2) is 0 Å². The highest BCUT2D eigenvalue weighted by atomic mass is 32.2. The second-order valence-electron chi connectivity index (χ2n) is 9.53. The van der Waals surface area contributed by atoms with Gasteiger partial charge in [-0.1, -0.05) is 50.2 Å². The normalized spacial score (nSPS) is 11.7. The first-order chi connectivity index (χ1) is 18.6. The number of anilines is 1. The van der Waals surface area contributed by atoms with Crippen LogP contribution < -0.4 is 10.1 Å². The quantitative estimate of drug-likeness (QED) is 0.290. The molecule has 8 nitrogen and oxygen atoms in total. The van der Waals surface area contributed by atoms with E-state index in [0.717, 1.165) is 9.87 Å². The Kier molecular flexibility index (Phi) is 8.47. The molecule has 0 radical (unpaired) electrons. The van der Waals surface area contributed by atoms with Crippen molar-refractivity contribution in [3.63, 3.8) is 0 Å². The van der Waals surface area contributed by atoms with Crippen LogP contribution in [0.15, 0.2) is 83.9 Å². The van der Waals surface area contributed by atoms with E-state index in [1.807, 2.05) is 44.2 Å². The number of nitrogens with zero attached hydrogens (tertiary/aromatic N) is 3. The number of methoxy groups -OCH3 is 1. The molecule has 10 heteroatoms. The van der Waals surface area contributed by atoms with Crippen molar-refractivity contribution in [3.8, 4) is 22.7 Å². The Hall–Kier alpha value is -4.02. The van der Waals surface area contributed by atoms with E-state index >= 15 is 0 Å². The van der Waals surface area contributed by atoms with Crippen LogP contribution in [0, 0.1) is 18.7 Å². The fourth-order valence-corrected chi connectivity index (χ4v) is 5.58. The molecule has 0 fully saturated rings. The van der Waals surface area contributed by atoms with Crippen molar-refractivity contribution in [2.24, 2.45) is 5.92 Å². The van der Waals surface area contributed by atoms with Crippen molar-refractivity contribution in [2.75, 3.05) is 25.5 Å². The third-order valence-electron chi connectivity index (χ3n) is 6.05. The molecule has 1 aromatic heterocycles. The number of sulfonamides is 1. The van der Waals surface area contributed by atoms with Crippen LogP contribution in [0.1, 0.15) is 19.4 Å². The zero-order valence-electron chi connectivity index (χ0n) is 22.3. The van der Waals surface area contributed by atoms with Gasteiger partial charge in [-0.15, -0.1) is 0 Å². The number of amides is 1. The summed E-state index contributed by atoms with van der Waals surface area (Å²) in [5, 5.41) is 2.74. The summed E-state index contributed by atoms with van der Waals surface area (Å²) in [5.41, 5.74) is 2.33. The number of hydrogen-bond acceptors (Lipinski definition) is 5. The van der Waals surface area contributed by atoms with Crippen LogP contribution in [0.4, 0.5) is 10.3 Å². The standard InChI is InChI=1S/C29H31FN4O4S/c1-20(2)17-33(39(36,37)25-14-12-24(38-4)13-15-25)19-28(35)32-29-31-27(22-8-6-5-7-9-22)18-34(29)23-11-10-21(3)26(30)16-23/h5-16,18,20H,17,19H2,1-4H3,(H,31,32,35). The second-order valence-corrected chi connectivity index (χ2v) is 11.5. The fraction of sp³-hybridized carbons (Fsp3) is 0.241. The molecule has 0 aliphatic carbocycles. The molecular formula is C29H31FN4O4S. The van der Waals surface area contributed by atoms with Gasteiger partial charge in [0.1, 0.15) is 11.6 Å². The Morgan fingerprint density at radius 3 is 2.38 bits per heavy atom. The molecule has 1 heterocycles. The van der Waals surface area contributed by atoms with Gasteiger partial charge in [0.2, 0.25) is 21.9 Å². The molecule has 4 rings (SSSR count). The lowest BCUT2D eigenvalue weighted by molar-refractivity contribution is -0.116. The molecule has 204 valence electrons. The minimum atomic E-state index is -3.98. The minimum absolute atomic E-state index is 0.0342. The highest BCUT2D eigenvalue weighted by molar-refractivity contribution is 7.89. The average molecular weight is 551 g/mol. The monoisotopic (exact) mass is 550 g/mol. The topological polar surface area (TPSA) is 93.5 Å². The summed E-state index contributed by atoms with van der Waals surface area (Å²) < 4.78 is 49.2. The zero-order valence-corrected chi connectivity index (χ0v) is 23.1. The molecule has 0 bridgehead atoms. The van der Waals surface area contributed by atoms with Crippen LogP contribution in [-0.2, 0) is 14.8 Å². The number of nitrogens with one attached hydrogen (secondary N) is 1. The van der Waals surface area contributed by atoms with Crippen molar-refractivity contribution in [1.29, 1.82) is 0 Å². The molecule has 0 saturated carbocycles. The van der Waals surface area contributed by atoms with E-state index in [-0.39, 0.29) is 23.3 Å². The van der Waals surface area contributed by atoms with E-state index in [4.69, 9.17) is 4.74 Å². The molecule has 39 heavy (non-hydrogen) atoms. The van der Waals surface area contributed by atoms with Gasteiger partial charge in [-0.25, -0.2) is 17.8 Å². The lowest BCUT2D eigenvalue weighted by Gasteiger charge is -2.23. The van der Waals surface area contributed by atoms with Gasteiger partial charge in [-0.05, 0) is 54.8 Å². The third-order valence-corrected chi connectivity index (χ3v) is 7.87. The molecule has 0 saturated heterocycles. The number of hydrogen-bond donors (Lipinski definition) is 1. The Balaban J connectivity index is 1.65. The molecule has 0 unspecified atom stereocenters. The van der Waals surface area contributed by atoms with Crippen molar-refractivity contribution < 1.29 is 22.3 Å². The van der Waals surface area contributed by atoms with Gasteiger partial charge < -0.3 is 4.74 Å². The van der Waals surface area contributed by atoms with E-state index < -0.39 is 28.3 Å². The van der Waals surface area contributed by atoms with Crippen LogP contribution in [0.5, 0.6) is 5.75 Å². The summed E-state index contributed by atoms with van der Waals surface area (Å²) in [6, 6.07) is 20.1. The number of aryl methyl sites for hydroxylation is 1. The smallest absolute Gasteiger partial charge is 0.243 e. The van der Waals surface area contributed by atoms with Gasteiger partial charge in [-0.2, -0.15) is 4.31 Å². The highest BCUT2D eigenvalue weighted by Gasteiger charge is 2.28. The van der Waals surface area contributed by atoms with E-state index in [2.05, 4.69) is 10.3 Å². The van der Waals surface area contributed by atoms with Crippen molar-refractivity contribution in [2.45, 2.75) is 25.7 Å². The SMILES string of the molecule is COc1ccc(S(=O)(=O)N(CC(=O)Nc2nc(-c3ccccc3)cn2-c2ccc(C)c(F)c2)CC(C)C)cc1. The van der Waals surface area contributed by atoms with Crippen LogP contribution in [-0.4, -0.2) is 48.4 Å². The Labute approximate surface area is 228 Å². The maximum Gasteiger partial charge on any atom is 0.243 e. The van der Waals surface area contributed by atoms with E-state index in [1.54, 1.807) is 42.0 Å². The van der Waals surface area contributed by atoms with E-state index in [0.29, 0.717) is 22.7 Å².